The van der Waals surface area contributed by atoms with Gasteiger partial charge in [0.2, 0.25) is 0 Å². The number of carbonyl (C=O) groups is 1. The van der Waals surface area contributed by atoms with E-state index >= 15 is 0 Å². The van der Waals surface area contributed by atoms with Crippen LogP contribution in [-0.2, 0) is 18.8 Å². The van der Waals surface area contributed by atoms with Crippen molar-refractivity contribution >= 4 is 25.3 Å². The van der Waals surface area contributed by atoms with Crippen molar-refractivity contribution in [3.8, 4) is 0 Å². The highest BCUT2D eigenvalue weighted by Gasteiger charge is 2.35. The zero-order chi connectivity index (χ0) is 25.0. The van der Waals surface area contributed by atoms with Crippen molar-refractivity contribution in [1.29, 1.82) is 0 Å². The Kier molecular flexibility index (Phi) is 16.9. The molecule has 0 radical (unpaired) electrons. The monoisotopic (exact) mass is 495 g/mol. The van der Waals surface area contributed by atoms with Crippen LogP contribution < -0.4 is 5.73 Å². The van der Waals surface area contributed by atoms with Crippen molar-refractivity contribution in [2.24, 2.45) is 11.7 Å². The molecule has 0 rings (SSSR count). The summed E-state index contributed by atoms with van der Waals surface area (Å²) in [7, 11) is -1.000. The minimum absolute atomic E-state index is 0.102. The zero-order valence-corrected chi connectivity index (χ0v) is 24.0. The van der Waals surface area contributed by atoms with E-state index in [4.69, 9.17) is 19.7 Å². The fraction of sp³-hybridized carbons (Fsp3) is 0.957. The summed E-state index contributed by atoms with van der Waals surface area (Å²) in [6.07, 6.45) is -0.464. The maximum absolute atomic E-state index is 12.1. The Morgan fingerprint density at radius 1 is 0.875 bits per heavy atom. The first-order valence-electron chi connectivity index (χ1n) is 12.0. The average molecular weight is 496 g/mol. The lowest BCUT2D eigenvalue weighted by Crippen LogP contribution is -2.44. The summed E-state index contributed by atoms with van der Waals surface area (Å²) < 4.78 is 23.2. The van der Waals surface area contributed by atoms with Crippen LogP contribution in [-0.4, -0.2) is 76.5 Å². The predicted octanol–water partition coefficient (Wildman–Crippen LogP) is 5.09. The highest BCUT2D eigenvalue weighted by atomic mass is 32.2. The van der Waals surface area contributed by atoms with Gasteiger partial charge in [-0.15, -0.1) is 0 Å². The third-order valence-electron chi connectivity index (χ3n) is 4.98. The van der Waals surface area contributed by atoms with Gasteiger partial charge in [-0.2, -0.15) is 0 Å². The van der Waals surface area contributed by atoms with E-state index in [2.05, 4.69) is 64.7 Å². The highest BCUT2D eigenvalue weighted by Crippen LogP contribution is 2.50. The number of rotatable bonds is 17. The van der Waals surface area contributed by atoms with E-state index in [-0.39, 0.29) is 17.1 Å². The Labute approximate surface area is 203 Å². The summed E-state index contributed by atoms with van der Waals surface area (Å²) >= 11 is 1.27. The summed E-state index contributed by atoms with van der Waals surface area (Å²) in [4.78, 5) is 12.1. The van der Waals surface area contributed by atoms with Gasteiger partial charge in [0.25, 0.3) is 0 Å². The molecule has 9 heteroatoms. The molecule has 0 aliphatic carbocycles. The van der Waals surface area contributed by atoms with Crippen molar-refractivity contribution in [3.05, 3.63) is 0 Å². The Balaban J connectivity index is 5.14. The number of nitrogens with two attached hydrogens (primary N) is 1. The summed E-state index contributed by atoms with van der Waals surface area (Å²) in [5.41, 5.74) is 5.82. The van der Waals surface area contributed by atoms with Crippen LogP contribution in [0.1, 0.15) is 76.2 Å². The number of ether oxygens (including phenoxy) is 2. The first kappa shape index (κ1) is 32.2. The van der Waals surface area contributed by atoms with E-state index in [9.17, 15) is 4.79 Å². The number of hydrogen-bond donors (Lipinski definition) is 1. The first-order chi connectivity index (χ1) is 14.8. The second-order valence-electron chi connectivity index (χ2n) is 9.25. The quantitative estimate of drug-likeness (QED) is 0.170. The van der Waals surface area contributed by atoms with Crippen molar-refractivity contribution < 1.29 is 18.8 Å². The number of carbonyl (C=O) groups excluding carboxylic acids is 1. The van der Waals surface area contributed by atoms with Crippen LogP contribution in [0.5, 0.6) is 0 Å². The molecule has 3 unspecified atom stereocenters. The molecule has 192 valence electrons. The van der Waals surface area contributed by atoms with Crippen LogP contribution in [0.4, 0.5) is 0 Å². The van der Waals surface area contributed by atoms with Crippen molar-refractivity contribution in [2.45, 2.75) is 113 Å². The van der Waals surface area contributed by atoms with Crippen LogP contribution in [0.25, 0.3) is 0 Å². The normalized spacial score (nSPS) is 15.7. The summed E-state index contributed by atoms with van der Waals surface area (Å²) in [5, 5.41) is 0.102. The summed E-state index contributed by atoms with van der Waals surface area (Å²) in [6.45, 7) is 24.7. The summed E-state index contributed by atoms with van der Waals surface area (Å²) in [5.74, 6) is 0.410. The number of nitrogens with zero attached hydrogens (tertiary/aromatic N) is 2. The van der Waals surface area contributed by atoms with Gasteiger partial charge in [-0.1, -0.05) is 18.7 Å². The predicted molar refractivity (Wildman–Crippen MR) is 139 cm³/mol. The van der Waals surface area contributed by atoms with Gasteiger partial charge in [-0.05, 0) is 69.2 Å². The number of thioether (sulfide) groups is 1. The van der Waals surface area contributed by atoms with Crippen molar-refractivity contribution in [3.63, 3.8) is 0 Å². The fourth-order valence-electron chi connectivity index (χ4n) is 3.36. The molecular weight excluding hydrogens is 445 g/mol. The average Bonchev–Trinajstić information content (AvgIpc) is 2.66. The molecule has 2 N–H and O–H groups in total. The molecule has 0 saturated heterocycles. The maximum atomic E-state index is 12.1. The van der Waals surface area contributed by atoms with Crippen LogP contribution in [0.2, 0.25) is 0 Å². The van der Waals surface area contributed by atoms with Gasteiger partial charge in [-0.3, -0.25) is 4.79 Å². The van der Waals surface area contributed by atoms with Crippen LogP contribution in [0.3, 0.4) is 0 Å². The third kappa shape index (κ3) is 11.6. The standard InChI is InChI=1S/C23H50N3O4PS/c1-12-28-22(29-13-14-32-23(27)20(10)21(11)24)15-30-31(25(16(2)3)17(4)5)26(18(6)7)19(8)9/h16-22H,12-15,24H2,1-11H3. The molecule has 0 aliphatic rings. The molecule has 32 heavy (non-hydrogen) atoms. The first-order valence-corrected chi connectivity index (χ1v) is 14.1. The number of hydrogen-bond acceptors (Lipinski definition) is 8. The second-order valence-corrected chi connectivity index (χ2v) is 12.0. The van der Waals surface area contributed by atoms with Gasteiger partial charge in [0, 0.05) is 48.5 Å². The zero-order valence-electron chi connectivity index (χ0n) is 22.3. The van der Waals surface area contributed by atoms with E-state index < -0.39 is 14.7 Å². The lowest BCUT2D eigenvalue weighted by atomic mass is 10.1. The Morgan fingerprint density at radius 3 is 1.72 bits per heavy atom. The molecule has 0 aliphatic heterocycles. The molecule has 0 aromatic rings. The van der Waals surface area contributed by atoms with Crippen LogP contribution >= 0.6 is 20.2 Å². The second kappa shape index (κ2) is 16.8. The van der Waals surface area contributed by atoms with Crippen molar-refractivity contribution in [1.82, 2.24) is 9.34 Å². The Morgan fingerprint density at radius 2 is 1.34 bits per heavy atom. The molecule has 0 heterocycles. The minimum atomic E-state index is -1.000. The van der Waals surface area contributed by atoms with E-state index in [0.29, 0.717) is 49.7 Å². The molecule has 0 fully saturated rings. The topological polar surface area (TPSA) is 77.3 Å². The molecule has 0 bridgehead atoms. The van der Waals surface area contributed by atoms with Gasteiger partial charge in [0.1, 0.15) is 6.61 Å². The van der Waals surface area contributed by atoms with E-state index in [0.717, 1.165) is 0 Å². The highest BCUT2D eigenvalue weighted by molar-refractivity contribution is 8.13. The largest absolute Gasteiger partial charge is 0.351 e. The third-order valence-corrected chi connectivity index (χ3v) is 9.03. The minimum Gasteiger partial charge on any atom is -0.351 e. The molecule has 0 spiro atoms. The molecule has 7 nitrogen and oxygen atoms in total. The Bertz CT molecular complexity index is 474. The maximum Gasteiger partial charge on any atom is 0.193 e. The lowest BCUT2D eigenvalue weighted by Gasteiger charge is -2.45. The molecule has 0 saturated carbocycles. The van der Waals surface area contributed by atoms with E-state index in [1.807, 2.05) is 20.8 Å². The molecule has 0 aromatic heterocycles. The van der Waals surface area contributed by atoms with Crippen LogP contribution in [0, 0.1) is 5.92 Å². The van der Waals surface area contributed by atoms with Gasteiger partial charge in [0.05, 0.1) is 6.61 Å². The van der Waals surface area contributed by atoms with Gasteiger partial charge in [0.15, 0.2) is 19.9 Å². The van der Waals surface area contributed by atoms with Gasteiger partial charge in [-0.25, -0.2) is 9.34 Å². The Hall–Kier alpha value is 0.210. The van der Waals surface area contributed by atoms with Crippen LogP contribution in [0.15, 0.2) is 0 Å². The molecular formula is C23H50N3O4PS. The smallest absolute Gasteiger partial charge is 0.193 e. The lowest BCUT2D eigenvalue weighted by molar-refractivity contribution is -0.152. The SMILES string of the molecule is CCOC(COP(N(C(C)C)C(C)C)N(C(C)C)C(C)C)OCCSC(=O)C(C)C(C)N. The fourth-order valence-corrected chi connectivity index (χ4v) is 6.56. The molecule has 0 aromatic carbocycles. The summed E-state index contributed by atoms with van der Waals surface area (Å²) in [6, 6.07) is 1.25. The van der Waals surface area contributed by atoms with E-state index in [1.54, 1.807) is 0 Å². The van der Waals surface area contributed by atoms with Gasteiger partial charge < -0.3 is 19.7 Å². The van der Waals surface area contributed by atoms with Gasteiger partial charge >= 0.3 is 0 Å². The van der Waals surface area contributed by atoms with E-state index in [1.165, 1.54) is 11.8 Å². The molecule has 0 amide bonds. The molecule has 3 atom stereocenters. The van der Waals surface area contributed by atoms with Crippen molar-refractivity contribution in [2.75, 3.05) is 25.6 Å².